The van der Waals surface area contributed by atoms with Gasteiger partial charge in [-0.3, -0.25) is 9.59 Å². The highest BCUT2D eigenvalue weighted by atomic mass is 32.1. The second-order valence-electron chi connectivity index (χ2n) is 7.25. The molecule has 1 amide bonds. The molecule has 2 heterocycles. The maximum absolute atomic E-state index is 13.6. The average Bonchev–Trinajstić information content (AvgIpc) is 3.32. The van der Waals surface area contributed by atoms with Crippen molar-refractivity contribution in [1.82, 2.24) is 9.88 Å². The molecule has 0 saturated heterocycles. The van der Waals surface area contributed by atoms with E-state index in [9.17, 15) is 9.59 Å². The van der Waals surface area contributed by atoms with Crippen LogP contribution in [-0.2, 0) is 13.1 Å². The molecule has 6 nitrogen and oxygen atoms in total. The van der Waals surface area contributed by atoms with Gasteiger partial charge in [-0.25, -0.2) is 0 Å². The molecular weight excluding hydrogens is 424 g/mol. The largest absolute Gasteiger partial charge is 0.497 e. The summed E-state index contributed by atoms with van der Waals surface area (Å²) in [4.78, 5) is 32.0. The summed E-state index contributed by atoms with van der Waals surface area (Å²) in [7, 11) is 1.60. The third-order valence-corrected chi connectivity index (χ3v) is 5.98. The molecule has 0 atom stereocenters. The molecule has 0 saturated carbocycles. The Labute approximate surface area is 190 Å². The van der Waals surface area contributed by atoms with Crippen molar-refractivity contribution >= 4 is 28.1 Å². The number of hydrogen-bond donors (Lipinski definition) is 1. The Morgan fingerprint density at radius 2 is 1.91 bits per heavy atom. The Morgan fingerprint density at radius 1 is 1.06 bits per heavy atom. The summed E-state index contributed by atoms with van der Waals surface area (Å²) < 4.78 is 11.0. The zero-order chi connectivity index (χ0) is 22.5. The first-order chi connectivity index (χ1) is 15.6. The molecule has 2 aromatic carbocycles. The van der Waals surface area contributed by atoms with E-state index in [4.69, 9.17) is 9.47 Å². The molecule has 7 heteroatoms. The number of methoxy groups -OCH3 is 1. The van der Waals surface area contributed by atoms with Crippen LogP contribution in [0.1, 0.15) is 27.7 Å². The van der Waals surface area contributed by atoms with E-state index in [-0.39, 0.29) is 18.0 Å². The van der Waals surface area contributed by atoms with Gasteiger partial charge in [-0.15, -0.1) is 11.3 Å². The monoisotopic (exact) mass is 448 g/mol. The Bertz CT molecular complexity index is 1280. The summed E-state index contributed by atoms with van der Waals surface area (Å²) in [6.07, 6.45) is 0. The van der Waals surface area contributed by atoms with Crippen molar-refractivity contribution in [3.8, 4) is 11.5 Å². The van der Waals surface area contributed by atoms with E-state index in [2.05, 4.69) is 4.98 Å². The van der Waals surface area contributed by atoms with Gasteiger partial charge in [-0.05, 0) is 54.8 Å². The number of rotatable bonds is 8. The number of nitrogens with one attached hydrogen (secondary N) is 1. The summed E-state index contributed by atoms with van der Waals surface area (Å²) in [5.74, 6) is 1.05. The number of hydrogen-bond acceptors (Lipinski definition) is 5. The number of carbonyl (C=O) groups is 1. The highest BCUT2D eigenvalue weighted by Crippen LogP contribution is 2.24. The molecule has 4 aromatic rings. The molecule has 4 rings (SSSR count). The van der Waals surface area contributed by atoms with Crippen LogP contribution in [-0.4, -0.2) is 29.5 Å². The predicted octanol–water partition coefficient (Wildman–Crippen LogP) is 4.84. The van der Waals surface area contributed by atoms with Gasteiger partial charge in [0.2, 0.25) is 0 Å². The van der Waals surface area contributed by atoms with E-state index in [0.717, 1.165) is 15.8 Å². The van der Waals surface area contributed by atoms with Gasteiger partial charge in [0, 0.05) is 21.3 Å². The van der Waals surface area contributed by atoms with Crippen LogP contribution in [0.25, 0.3) is 10.9 Å². The van der Waals surface area contributed by atoms with E-state index in [0.29, 0.717) is 35.8 Å². The normalized spacial score (nSPS) is 10.8. The number of ether oxygens (including phenoxy) is 2. The van der Waals surface area contributed by atoms with Gasteiger partial charge in [-0.2, -0.15) is 0 Å². The second-order valence-corrected chi connectivity index (χ2v) is 8.28. The number of para-hydroxylation sites is 1. The Balaban J connectivity index is 1.72. The van der Waals surface area contributed by atoms with Crippen molar-refractivity contribution in [2.75, 3.05) is 13.7 Å². The van der Waals surface area contributed by atoms with Gasteiger partial charge in [0.15, 0.2) is 0 Å². The minimum atomic E-state index is -0.218. The Hall–Kier alpha value is -3.58. The number of aromatic nitrogens is 1. The van der Waals surface area contributed by atoms with Gasteiger partial charge >= 0.3 is 0 Å². The fraction of sp³-hybridized carbons (Fsp3) is 0.200. The summed E-state index contributed by atoms with van der Waals surface area (Å²) in [6, 6.07) is 18.4. The molecule has 0 aliphatic heterocycles. The number of H-pyrrole nitrogens is 1. The summed E-state index contributed by atoms with van der Waals surface area (Å²) >= 11 is 1.57. The van der Waals surface area contributed by atoms with E-state index in [1.54, 1.807) is 41.5 Å². The predicted molar refractivity (Wildman–Crippen MR) is 127 cm³/mol. The van der Waals surface area contributed by atoms with Crippen LogP contribution in [0.15, 0.2) is 70.8 Å². The fourth-order valence-corrected chi connectivity index (χ4v) is 4.28. The number of carbonyl (C=O) groups excluding carboxylic acids is 1. The van der Waals surface area contributed by atoms with Crippen LogP contribution in [0.3, 0.4) is 0 Å². The summed E-state index contributed by atoms with van der Waals surface area (Å²) in [5.41, 5.74) is 1.48. The van der Waals surface area contributed by atoms with Gasteiger partial charge in [0.05, 0.1) is 32.4 Å². The maximum atomic E-state index is 13.6. The minimum absolute atomic E-state index is 0.166. The molecule has 0 unspecified atom stereocenters. The number of thiophene rings is 1. The number of fused-ring (bicyclic) bond motifs is 1. The van der Waals surface area contributed by atoms with Gasteiger partial charge in [0.1, 0.15) is 11.5 Å². The quantitative estimate of drug-likeness (QED) is 0.419. The summed E-state index contributed by atoms with van der Waals surface area (Å²) in [6.45, 7) is 2.90. The first kappa shape index (κ1) is 21.6. The lowest BCUT2D eigenvalue weighted by Crippen LogP contribution is -2.32. The lowest BCUT2D eigenvalue weighted by atomic mass is 10.1. The van der Waals surface area contributed by atoms with Crippen molar-refractivity contribution in [2.24, 2.45) is 0 Å². The first-order valence-corrected chi connectivity index (χ1v) is 11.2. The van der Waals surface area contributed by atoms with Crippen molar-refractivity contribution in [2.45, 2.75) is 20.0 Å². The van der Waals surface area contributed by atoms with Crippen LogP contribution < -0.4 is 15.0 Å². The number of nitrogens with zero attached hydrogens (tertiary/aromatic N) is 1. The molecule has 1 N–H and O–H groups in total. The third-order valence-electron chi connectivity index (χ3n) is 5.12. The molecule has 0 bridgehead atoms. The molecule has 0 aliphatic carbocycles. The van der Waals surface area contributed by atoms with Crippen LogP contribution >= 0.6 is 11.3 Å². The van der Waals surface area contributed by atoms with Gasteiger partial charge in [-0.1, -0.05) is 18.2 Å². The van der Waals surface area contributed by atoms with Crippen molar-refractivity contribution in [1.29, 1.82) is 0 Å². The SMILES string of the molecule is CCOc1ccccc1C(=O)N(Cc1cccs1)Cc1cc2cc(OC)ccc2[nH]c1=O. The van der Waals surface area contributed by atoms with Gasteiger partial charge < -0.3 is 19.4 Å². The molecule has 164 valence electrons. The fourth-order valence-electron chi connectivity index (χ4n) is 3.57. The Morgan fingerprint density at radius 3 is 2.66 bits per heavy atom. The Kier molecular flexibility index (Phi) is 6.56. The lowest BCUT2D eigenvalue weighted by Gasteiger charge is -2.23. The van der Waals surface area contributed by atoms with Crippen LogP contribution in [0.2, 0.25) is 0 Å². The van der Waals surface area contributed by atoms with E-state index < -0.39 is 0 Å². The number of benzene rings is 2. The maximum Gasteiger partial charge on any atom is 0.258 e. The summed E-state index contributed by atoms with van der Waals surface area (Å²) in [5, 5.41) is 2.82. The third kappa shape index (κ3) is 4.68. The molecule has 32 heavy (non-hydrogen) atoms. The molecular formula is C25H24N2O4S. The molecule has 0 fully saturated rings. The van der Waals surface area contributed by atoms with Crippen LogP contribution in [0, 0.1) is 0 Å². The van der Waals surface area contributed by atoms with E-state index >= 15 is 0 Å². The highest BCUT2D eigenvalue weighted by molar-refractivity contribution is 7.09. The number of pyridine rings is 1. The number of aromatic amines is 1. The van der Waals surface area contributed by atoms with Crippen LogP contribution in [0.5, 0.6) is 11.5 Å². The van der Waals surface area contributed by atoms with Crippen molar-refractivity contribution in [3.05, 3.63) is 92.4 Å². The van der Waals surface area contributed by atoms with E-state index in [1.165, 1.54) is 0 Å². The molecule has 0 radical (unpaired) electrons. The molecule has 2 aromatic heterocycles. The zero-order valence-corrected chi connectivity index (χ0v) is 18.8. The highest BCUT2D eigenvalue weighted by Gasteiger charge is 2.22. The minimum Gasteiger partial charge on any atom is -0.497 e. The van der Waals surface area contributed by atoms with E-state index in [1.807, 2.05) is 54.8 Å². The average molecular weight is 449 g/mol. The standard InChI is InChI=1S/C25H24N2O4S/c1-3-31-23-9-5-4-8-21(23)25(29)27(16-20-7-6-12-32-20)15-18-13-17-14-19(30-2)10-11-22(17)26-24(18)28/h4-14H,3,15-16H2,1-2H3,(H,26,28). The number of amides is 1. The topological polar surface area (TPSA) is 71.6 Å². The molecule has 0 spiro atoms. The van der Waals surface area contributed by atoms with Crippen LogP contribution in [0.4, 0.5) is 0 Å². The van der Waals surface area contributed by atoms with Crippen molar-refractivity contribution in [3.63, 3.8) is 0 Å². The lowest BCUT2D eigenvalue weighted by molar-refractivity contribution is 0.0727. The van der Waals surface area contributed by atoms with Crippen molar-refractivity contribution < 1.29 is 14.3 Å². The second kappa shape index (κ2) is 9.70. The van der Waals surface area contributed by atoms with Gasteiger partial charge in [0.25, 0.3) is 11.5 Å². The zero-order valence-electron chi connectivity index (χ0n) is 18.0. The first-order valence-electron chi connectivity index (χ1n) is 10.3. The smallest absolute Gasteiger partial charge is 0.258 e. The molecule has 0 aliphatic rings.